The molecule has 47 heavy (non-hydrogen) atoms. The summed E-state index contributed by atoms with van der Waals surface area (Å²) in [6.07, 6.45) is 0. The third-order valence-corrected chi connectivity index (χ3v) is 8.91. The van der Waals surface area contributed by atoms with E-state index in [1.54, 1.807) is 0 Å². The van der Waals surface area contributed by atoms with Crippen molar-refractivity contribution in [3.8, 4) is 56.2 Å². The molecular weight excluding hydrogens is 572 g/mol. The second-order valence-electron chi connectivity index (χ2n) is 11.8. The normalized spacial score (nSPS) is 11.4. The minimum Gasteiger partial charge on any atom is -0.456 e. The molecule has 0 atom stereocenters. The third kappa shape index (κ3) is 4.86. The van der Waals surface area contributed by atoms with Crippen molar-refractivity contribution < 1.29 is 4.42 Å². The van der Waals surface area contributed by atoms with Crippen LogP contribution >= 0.6 is 0 Å². The molecule has 2 aromatic heterocycles. The Morgan fingerprint density at radius 3 is 1.70 bits per heavy atom. The molecule has 0 fully saturated rings. The molecule has 0 amide bonds. The Labute approximate surface area is 272 Å². The first-order chi connectivity index (χ1) is 23.3. The van der Waals surface area contributed by atoms with Gasteiger partial charge in [0.1, 0.15) is 11.2 Å². The molecule has 9 aromatic rings. The van der Waals surface area contributed by atoms with E-state index in [9.17, 15) is 0 Å². The Bertz CT molecular complexity index is 2510. The van der Waals surface area contributed by atoms with Crippen LogP contribution in [0.4, 0.5) is 0 Å². The SMILES string of the molecule is c1ccc(-c2cc(-c3ccc(-c4cccc(-c5ccc6oc7ccccc7c6c5)c4)c4ccccc34)nc(-c3ccccc3)n2)cc1. The predicted molar refractivity (Wildman–Crippen MR) is 194 cm³/mol. The van der Waals surface area contributed by atoms with Gasteiger partial charge in [-0.3, -0.25) is 0 Å². The summed E-state index contributed by atoms with van der Waals surface area (Å²) in [7, 11) is 0. The van der Waals surface area contributed by atoms with Crippen molar-refractivity contribution in [2.24, 2.45) is 0 Å². The molecule has 0 aliphatic rings. The molecular formula is C44H28N2O. The van der Waals surface area contributed by atoms with Crippen LogP contribution in [-0.2, 0) is 0 Å². The molecule has 0 spiro atoms. The van der Waals surface area contributed by atoms with E-state index in [0.29, 0.717) is 5.82 Å². The molecule has 0 aliphatic carbocycles. The summed E-state index contributed by atoms with van der Waals surface area (Å²) in [5.74, 6) is 0.713. The van der Waals surface area contributed by atoms with Gasteiger partial charge in [0, 0.05) is 27.5 Å². The summed E-state index contributed by atoms with van der Waals surface area (Å²) in [6.45, 7) is 0. The van der Waals surface area contributed by atoms with E-state index in [4.69, 9.17) is 14.4 Å². The lowest BCUT2D eigenvalue weighted by Crippen LogP contribution is -1.96. The average molecular weight is 601 g/mol. The molecule has 0 radical (unpaired) electrons. The second-order valence-corrected chi connectivity index (χ2v) is 11.8. The Kier molecular flexibility index (Phi) is 6.46. The first-order valence-corrected chi connectivity index (χ1v) is 15.8. The van der Waals surface area contributed by atoms with E-state index in [0.717, 1.165) is 61.0 Å². The van der Waals surface area contributed by atoms with Gasteiger partial charge in [0.25, 0.3) is 0 Å². The van der Waals surface area contributed by atoms with E-state index < -0.39 is 0 Å². The fourth-order valence-electron chi connectivity index (χ4n) is 6.60. The van der Waals surface area contributed by atoms with Crippen LogP contribution in [0.2, 0.25) is 0 Å². The number of para-hydroxylation sites is 1. The van der Waals surface area contributed by atoms with Crippen molar-refractivity contribution in [3.05, 3.63) is 170 Å². The molecule has 3 heteroatoms. The zero-order valence-electron chi connectivity index (χ0n) is 25.5. The van der Waals surface area contributed by atoms with Gasteiger partial charge >= 0.3 is 0 Å². The minimum atomic E-state index is 0.713. The summed E-state index contributed by atoms with van der Waals surface area (Å²) in [6, 6.07) is 59.2. The highest BCUT2D eigenvalue weighted by Gasteiger charge is 2.15. The van der Waals surface area contributed by atoms with E-state index >= 15 is 0 Å². The lowest BCUT2D eigenvalue weighted by molar-refractivity contribution is 0.669. The van der Waals surface area contributed by atoms with Gasteiger partial charge < -0.3 is 4.42 Å². The topological polar surface area (TPSA) is 38.9 Å². The second kappa shape index (κ2) is 11.2. The number of hydrogen-bond donors (Lipinski definition) is 0. The maximum absolute atomic E-state index is 6.09. The maximum atomic E-state index is 6.09. The molecule has 0 saturated carbocycles. The van der Waals surface area contributed by atoms with Crippen LogP contribution in [0.1, 0.15) is 0 Å². The van der Waals surface area contributed by atoms with Crippen molar-refractivity contribution in [2.75, 3.05) is 0 Å². The van der Waals surface area contributed by atoms with E-state index in [-0.39, 0.29) is 0 Å². The molecule has 0 aliphatic heterocycles. The van der Waals surface area contributed by atoms with Crippen molar-refractivity contribution in [1.29, 1.82) is 0 Å². The Balaban J connectivity index is 1.18. The van der Waals surface area contributed by atoms with Crippen LogP contribution in [-0.4, -0.2) is 9.97 Å². The van der Waals surface area contributed by atoms with Gasteiger partial charge in [-0.25, -0.2) is 9.97 Å². The first kappa shape index (κ1) is 27.0. The molecule has 2 heterocycles. The highest BCUT2D eigenvalue weighted by atomic mass is 16.3. The lowest BCUT2D eigenvalue weighted by Gasteiger charge is -2.14. The van der Waals surface area contributed by atoms with Gasteiger partial charge in [0.05, 0.1) is 11.4 Å². The van der Waals surface area contributed by atoms with Gasteiger partial charge in [0.2, 0.25) is 0 Å². The molecule has 220 valence electrons. The predicted octanol–water partition coefficient (Wildman–Crippen LogP) is 11.9. The first-order valence-electron chi connectivity index (χ1n) is 15.8. The number of benzene rings is 7. The highest BCUT2D eigenvalue weighted by Crippen LogP contribution is 2.39. The summed E-state index contributed by atoms with van der Waals surface area (Å²) < 4.78 is 6.09. The summed E-state index contributed by atoms with van der Waals surface area (Å²) in [5.41, 5.74) is 11.4. The van der Waals surface area contributed by atoms with Gasteiger partial charge in [-0.15, -0.1) is 0 Å². The van der Waals surface area contributed by atoms with Crippen LogP contribution in [0.5, 0.6) is 0 Å². The fraction of sp³-hybridized carbons (Fsp3) is 0. The number of furan rings is 1. The van der Waals surface area contributed by atoms with Crippen molar-refractivity contribution >= 4 is 32.7 Å². The maximum Gasteiger partial charge on any atom is 0.160 e. The average Bonchev–Trinajstić information content (AvgIpc) is 3.53. The van der Waals surface area contributed by atoms with Gasteiger partial charge in [-0.2, -0.15) is 0 Å². The Morgan fingerprint density at radius 1 is 0.319 bits per heavy atom. The van der Waals surface area contributed by atoms with E-state index in [1.165, 1.54) is 22.1 Å². The van der Waals surface area contributed by atoms with Crippen LogP contribution in [0, 0.1) is 0 Å². The summed E-state index contributed by atoms with van der Waals surface area (Å²) in [5, 5.41) is 4.60. The molecule has 9 rings (SSSR count). The molecule has 0 N–H and O–H groups in total. The third-order valence-electron chi connectivity index (χ3n) is 8.91. The molecule has 7 aromatic carbocycles. The van der Waals surface area contributed by atoms with Crippen LogP contribution in [0.15, 0.2) is 174 Å². The summed E-state index contributed by atoms with van der Waals surface area (Å²) >= 11 is 0. The zero-order valence-corrected chi connectivity index (χ0v) is 25.5. The van der Waals surface area contributed by atoms with E-state index in [1.807, 2.05) is 48.5 Å². The highest BCUT2D eigenvalue weighted by molar-refractivity contribution is 6.07. The number of fused-ring (bicyclic) bond motifs is 4. The minimum absolute atomic E-state index is 0.713. The number of nitrogens with zero attached hydrogens (tertiary/aromatic N) is 2. The number of rotatable bonds is 5. The Hall–Kier alpha value is -6.32. The smallest absolute Gasteiger partial charge is 0.160 e. The fourth-order valence-corrected chi connectivity index (χ4v) is 6.60. The monoisotopic (exact) mass is 600 g/mol. The van der Waals surface area contributed by atoms with Crippen molar-refractivity contribution in [3.63, 3.8) is 0 Å². The quantitative estimate of drug-likeness (QED) is 0.197. The van der Waals surface area contributed by atoms with Crippen molar-refractivity contribution in [1.82, 2.24) is 9.97 Å². The lowest BCUT2D eigenvalue weighted by atomic mass is 9.92. The standard InChI is InChI=1S/C44H28N2O/c1-3-12-29(13-4-1)40-28-41(46-44(45-40)30-14-5-2-6-15-30)37-24-23-34(35-18-7-8-19-36(35)37)33-17-11-16-31(26-33)32-22-25-43-39(27-32)38-20-9-10-21-42(38)47-43/h1-28H. The summed E-state index contributed by atoms with van der Waals surface area (Å²) in [4.78, 5) is 10.1. The Morgan fingerprint density at radius 2 is 0.894 bits per heavy atom. The van der Waals surface area contributed by atoms with Gasteiger partial charge in [-0.1, -0.05) is 140 Å². The zero-order chi connectivity index (χ0) is 31.2. The van der Waals surface area contributed by atoms with Crippen molar-refractivity contribution in [2.45, 2.75) is 0 Å². The largest absolute Gasteiger partial charge is 0.456 e. The molecule has 3 nitrogen and oxygen atoms in total. The van der Waals surface area contributed by atoms with Crippen LogP contribution < -0.4 is 0 Å². The van der Waals surface area contributed by atoms with Crippen LogP contribution in [0.3, 0.4) is 0 Å². The number of aromatic nitrogens is 2. The van der Waals surface area contributed by atoms with Gasteiger partial charge in [-0.05, 0) is 63.4 Å². The molecule has 0 bridgehead atoms. The number of hydrogen-bond acceptors (Lipinski definition) is 3. The molecule has 0 saturated heterocycles. The molecule has 0 unspecified atom stereocenters. The van der Waals surface area contributed by atoms with Gasteiger partial charge in [0.15, 0.2) is 5.82 Å². The van der Waals surface area contributed by atoms with E-state index in [2.05, 4.69) is 121 Å². The van der Waals surface area contributed by atoms with Crippen LogP contribution in [0.25, 0.3) is 88.9 Å².